The van der Waals surface area contributed by atoms with Gasteiger partial charge in [0.15, 0.2) is 5.82 Å². The first-order valence-corrected chi connectivity index (χ1v) is 8.98. The predicted molar refractivity (Wildman–Crippen MR) is 106 cm³/mol. The Kier molecular flexibility index (Phi) is 4.92. The van der Waals surface area contributed by atoms with E-state index in [-0.39, 0.29) is 12.5 Å². The normalized spacial score (nSPS) is 10.8. The second-order valence-electron chi connectivity index (χ2n) is 6.31. The van der Waals surface area contributed by atoms with Gasteiger partial charge in [-0.05, 0) is 36.2 Å². The lowest BCUT2D eigenvalue weighted by Crippen LogP contribution is -2.29. The summed E-state index contributed by atoms with van der Waals surface area (Å²) in [5.74, 6) is 0.668. The molecule has 0 atom stereocenters. The molecule has 134 valence electrons. The zero-order valence-electron chi connectivity index (χ0n) is 14.9. The molecule has 0 aliphatic heterocycles. The Morgan fingerprint density at radius 3 is 2.52 bits per heavy atom. The van der Waals surface area contributed by atoms with Gasteiger partial charge < -0.3 is 9.88 Å². The average molecular weight is 356 g/mol. The summed E-state index contributed by atoms with van der Waals surface area (Å²) in [6, 6.07) is 23.7. The summed E-state index contributed by atoms with van der Waals surface area (Å²) in [5.41, 5.74) is 3.75. The summed E-state index contributed by atoms with van der Waals surface area (Å²) in [6.07, 6.45) is 2.54. The molecule has 4 rings (SSSR count). The number of hydrogen-bond acceptors (Lipinski definition) is 3. The van der Waals surface area contributed by atoms with Crippen molar-refractivity contribution in [2.45, 2.75) is 13.0 Å². The van der Waals surface area contributed by atoms with E-state index in [0.29, 0.717) is 12.4 Å². The second-order valence-corrected chi connectivity index (χ2v) is 6.31. The van der Waals surface area contributed by atoms with Crippen molar-refractivity contribution in [3.05, 3.63) is 84.6 Å². The van der Waals surface area contributed by atoms with Gasteiger partial charge in [0.25, 0.3) is 0 Å². The number of nitrogens with one attached hydrogen (secondary N) is 1. The van der Waals surface area contributed by atoms with E-state index in [2.05, 4.69) is 27.4 Å². The number of carbonyl (C=O) groups excluding carboxylic acids is 1. The van der Waals surface area contributed by atoms with Crippen LogP contribution in [0.1, 0.15) is 5.56 Å². The number of imidazole rings is 1. The zero-order valence-corrected chi connectivity index (χ0v) is 14.9. The molecule has 1 N–H and O–H groups in total. The molecule has 2 aromatic carbocycles. The highest BCUT2D eigenvalue weighted by atomic mass is 16.1. The van der Waals surface area contributed by atoms with Crippen molar-refractivity contribution >= 4 is 16.9 Å². The minimum absolute atomic E-state index is 0.0359. The van der Waals surface area contributed by atoms with E-state index in [9.17, 15) is 4.79 Å². The maximum Gasteiger partial charge on any atom is 0.240 e. The number of benzene rings is 2. The van der Waals surface area contributed by atoms with Gasteiger partial charge >= 0.3 is 0 Å². The van der Waals surface area contributed by atoms with Crippen LogP contribution in [0.3, 0.4) is 0 Å². The van der Waals surface area contributed by atoms with Crippen molar-refractivity contribution in [1.82, 2.24) is 19.9 Å². The van der Waals surface area contributed by atoms with Crippen LogP contribution in [0.25, 0.3) is 22.6 Å². The summed E-state index contributed by atoms with van der Waals surface area (Å²) in [5, 5.41) is 3.00. The van der Waals surface area contributed by atoms with Gasteiger partial charge in [-0.1, -0.05) is 48.5 Å². The SMILES string of the molecule is O=C(Cn1c(-c2ccccn2)nc2ccccc21)NCCc1ccccc1. The topological polar surface area (TPSA) is 59.8 Å². The van der Waals surface area contributed by atoms with Gasteiger partial charge in [0.2, 0.25) is 5.91 Å². The lowest BCUT2D eigenvalue weighted by Gasteiger charge is -2.10. The number of fused-ring (bicyclic) bond motifs is 1. The maximum atomic E-state index is 12.5. The Hall–Kier alpha value is -3.47. The zero-order chi connectivity index (χ0) is 18.5. The van der Waals surface area contributed by atoms with Crippen molar-refractivity contribution in [2.24, 2.45) is 0 Å². The van der Waals surface area contributed by atoms with Crippen molar-refractivity contribution in [2.75, 3.05) is 6.54 Å². The van der Waals surface area contributed by atoms with Crippen LogP contribution in [0.15, 0.2) is 79.0 Å². The average Bonchev–Trinajstić information content (AvgIpc) is 3.08. The fourth-order valence-corrected chi connectivity index (χ4v) is 3.12. The van der Waals surface area contributed by atoms with Gasteiger partial charge in [0, 0.05) is 12.7 Å². The van der Waals surface area contributed by atoms with Gasteiger partial charge in [-0.2, -0.15) is 0 Å². The summed E-state index contributed by atoms with van der Waals surface area (Å²) in [6.45, 7) is 0.815. The summed E-state index contributed by atoms with van der Waals surface area (Å²) >= 11 is 0. The van der Waals surface area contributed by atoms with Gasteiger partial charge in [-0.3, -0.25) is 9.78 Å². The molecule has 0 bridgehead atoms. The number of para-hydroxylation sites is 2. The molecule has 0 saturated heterocycles. The van der Waals surface area contributed by atoms with Crippen molar-refractivity contribution in [3.8, 4) is 11.5 Å². The van der Waals surface area contributed by atoms with Crippen LogP contribution in [0.4, 0.5) is 0 Å². The smallest absolute Gasteiger partial charge is 0.240 e. The third-order valence-corrected chi connectivity index (χ3v) is 4.43. The van der Waals surface area contributed by atoms with Crippen LogP contribution in [-0.2, 0) is 17.8 Å². The minimum atomic E-state index is -0.0359. The summed E-state index contributed by atoms with van der Waals surface area (Å²) in [7, 11) is 0. The van der Waals surface area contributed by atoms with Crippen molar-refractivity contribution in [3.63, 3.8) is 0 Å². The van der Waals surface area contributed by atoms with Gasteiger partial charge in [0.05, 0.1) is 11.0 Å². The Morgan fingerprint density at radius 1 is 0.926 bits per heavy atom. The monoisotopic (exact) mass is 356 g/mol. The fraction of sp³-hybridized carbons (Fsp3) is 0.136. The van der Waals surface area contributed by atoms with Crippen molar-refractivity contribution in [1.29, 1.82) is 0 Å². The number of hydrogen-bond donors (Lipinski definition) is 1. The summed E-state index contributed by atoms with van der Waals surface area (Å²) in [4.78, 5) is 21.6. The number of nitrogens with zero attached hydrogens (tertiary/aromatic N) is 3. The van der Waals surface area contributed by atoms with E-state index in [0.717, 1.165) is 23.1 Å². The Labute approximate surface area is 157 Å². The lowest BCUT2D eigenvalue weighted by atomic mass is 10.1. The Morgan fingerprint density at radius 2 is 1.70 bits per heavy atom. The first-order valence-electron chi connectivity index (χ1n) is 8.98. The highest BCUT2D eigenvalue weighted by molar-refractivity contribution is 5.84. The molecule has 0 fully saturated rings. The fourth-order valence-electron chi connectivity index (χ4n) is 3.12. The minimum Gasteiger partial charge on any atom is -0.354 e. The standard InChI is InChI=1S/C22H20N4O/c27-21(24-15-13-17-8-2-1-3-9-17)16-26-20-12-5-4-10-18(20)25-22(26)19-11-6-7-14-23-19/h1-12,14H,13,15-16H2,(H,24,27). The van der Waals surface area contributed by atoms with Crippen LogP contribution in [0, 0.1) is 0 Å². The lowest BCUT2D eigenvalue weighted by molar-refractivity contribution is -0.121. The molecule has 5 heteroatoms. The van der Waals surface area contributed by atoms with Crippen molar-refractivity contribution < 1.29 is 4.79 Å². The van der Waals surface area contributed by atoms with Crippen LogP contribution in [-0.4, -0.2) is 27.0 Å². The van der Waals surface area contributed by atoms with E-state index >= 15 is 0 Å². The van der Waals surface area contributed by atoms with E-state index in [1.165, 1.54) is 5.56 Å². The van der Waals surface area contributed by atoms with E-state index in [1.54, 1.807) is 6.20 Å². The van der Waals surface area contributed by atoms with E-state index in [4.69, 9.17) is 0 Å². The molecule has 5 nitrogen and oxygen atoms in total. The molecule has 0 saturated carbocycles. The summed E-state index contributed by atoms with van der Waals surface area (Å²) < 4.78 is 1.93. The number of amides is 1. The van der Waals surface area contributed by atoms with Crippen LogP contribution >= 0.6 is 0 Å². The molecule has 0 aliphatic rings. The molecule has 27 heavy (non-hydrogen) atoms. The second kappa shape index (κ2) is 7.83. The molecule has 0 spiro atoms. The largest absolute Gasteiger partial charge is 0.354 e. The molecule has 2 heterocycles. The number of carbonyl (C=O) groups is 1. The molecular weight excluding hydrogens is 336 g/mol. The molecule has 1 amide bonds. The van der Waals surface area contributed by atoms with Crippen LogP contribution in [0.5, 0.6) is 0 Å². The third kappa shape index (κ3) is 3.87. The Balaban J connectivity index is 1.53. The molecule has 2 aromatic heterocycles. The first-order chi connectivity index (χ1) is 13.3. The highest BCUT2D eigenvalue weighted by Crippen LogP contribution is 2.23. The number of rotatable bonds is 6. The highest BCUT2D eigenvalue weighted by Gasteiger charge is 2.15. The molecule has 0 aliphatic carbocycles. The molecular formula is C22H20N4O. The molecule has 0 unspecified atom stereocenters. The van der Waals surface area contributed by atoms with E-state index in [1.807, 2.05) is 65.2 Å². The quantitative estimate of drug-likeness (QED) is 0.576. The third-order valence-electron chi connectivity index (χ3n) is 4.43. The number of pyridine rings is 1. The first kappa shape index (κ1) is 17.0. The predicted octanol–water partition coefficient (Wildman–Crippen LogP) is 3.46. The van der Waals surface area contributed by atoms with Gasteiger partial charge in [-0.25, -0.2) is 4.98 Å². The van der Waals surface area contributed by atoms with Gasteiger partial charge in [0.1, 0.15) is 12.2 Å². The van der Waals surface area contributed by atoms with Gasteiger partial charge in [-0.15, -0.1) is 0 Å². The van der Waals surface area contributed by atoms with Crippen LogP contribution in [0.2, 0.25) is 0 Å². The molecule has 0 radical (unpaired) electrons. The van der Waals surface area contributed by atoms with E-state index < -0.39 is 0 Å². The molecule has 4 aromatic rings. The number of aromatic nitrogens is 3. The van der Waals surface area contributed by atoms with Crippen LogP contribution < -0.4 is 5.32 Å². The Bertz CT molecular complexity index is 1040. The maximum absolute atomic E-state index is 12.5.